The fourth-order valence-electron chi connectivity index (χ4n) is 2.62. The predicted octanol–water partition coefficient (Wildman–Crippen LogP) is 1.71. The molecule has 2 heterocycles. The molecule has 118 valence electrons. The number of benzene rings is 1. The minimum atomic E-state index is -3.61. The number of hydrogen-bond donors (Lipinski definition) is 0. The molecule has 0 atom stereocenters. The predicted molar refractivity (Wildman–Crippen MR) is 81.6 cm³/mol. The van der Waals surface area contributed by atoms with E-state index >= 15 is 0 Å². The van der Waals surface area contributed by atoms with Crippen LogP contribution in [0.2, 0.25) is 0 Å². The number of fused-ring (bicyclic) bond motifs is 1. The molecule has 2 aromatic rings. The molecule has 1 aliphatic rings. The zero-order valence-electron chi connectivity index (χ0n) is 12.5. The molecule has 0 amide bonds. The lowest BCUT2D eigenvalue weighted by molar-refractivity contribution is 0.337. The second kappa shape index (κ2) is 5.66. The van der Waals surface area contributed by atoms with Crippen LogP contribution in [-0.2, 0) is 23.1 Å². The quantitative estimate of drug-likeness (QED) is 0.860. The first kappa shape index (κ1) is 14.9. The van der Waals surface area contributed by atoms with Crippen molar-refractivity contribution in [2.75, 3.05) is 20.8 Å². The maximum atomic E-state index is 12.9. The minimum absolute atomic E-state index is 0.163. The van der Waals surface area contributed by atoms with Crippen LogP contribution in [0.15, 0.2) is 41.4 Å². The average molecular weight is 322 g/mol. The van der Waals surface area contributed by atoms with Crippen molar-refractivity contribution in [3.63, 3.8) is 0 Å². The van der Waals surface area contributed by atoms with Gasteiger partial charge < -0.3 is 14.0 Å². The normalized spacial score (nSPS) is 15.4. The van der Waals surface area contributed by atoms with Gasteiger partial charge in [0, 0.05) is 31.0 Å². The molecular weight excluding hydrogens is 304 g/mol. The van der Waals surface area contributed by atoms with Gasteiger partial charge in [-0.3, -0.25) is 0 Å². The lowest BCUT2D eigenvalue weighted by Crippen LogP contribution is -2.38. The number of hydrogen-bond acceptors (Lipinski definition) is 4. The first-order valence-electron chi connectivity index (χ1n) is 6.92. The molecule has 0 fully saturated rings. The van der Waals surface area contributed by atoms with Crippen molar-refractivity contribution in [3.8, 4) is 11.5 Å². The molecule has 1 aromatic heterocycles. The van der Waals surface area contributed by atoms with Crippen molar-refractivity contribution in [2.45, 2.75) is 18.0 Å². The second-order valence-corrected chi connectivity index (χ2v) is 6.95. The Labute approximate surface area is 129 Å². The highest BCUT2D eigenvalue weighted by Gasteiger charge is 2.30. The largest absolute Gasteiger partial charge is 0.497 e. The van der Waals surface area contributed by atoms with Crippen LogP contribution in [0.25, 0.3) is 0 Å². The maximum Gasteiger partial charge on any atom is 0.247 e. The highest BCUT2D eigenvalue weighted by molar-refractivity contribution is 7.89. The molecule has 6 nitrogen and oxygen atoms in total. The van der Waals surface area contributed by atoms with E-state index in [0.717, 1.165) is 5.69 Å². The van der Waals surface area contributed by atoms with Gasteiger partial charge in [0.05, 0.1) is 20.8 Å². The van der Waals surface area contributed by atoms with Gasteiger partial charge in [-0.05, 0) is 24.3 Å². The van der Waals surface area contributed by atoms with E-state index in [1.165, 1.54) is 24.6 Å². The molecule has 0 bridgehead atoms. The summed E-state index contributed by atoms with van der Waals surface area (Å²) in [5.41, 5.74) is 0.988. The van der Waals surface area contributed by atoms with E-state index in [1.54, 1.807) is 12.1 Å². The number of aromatic nitrogens is 1. The van der Waals surface area contributed by atoms with Gasteiger partial charge in [0.15, 0.2) is 0 Å². The fraction of sp³-hybridized carbons (Fsp3) is 0.333. The third-order valence-corrected chi connectivity index (χ3v) is 5.73. The molecule has 3 rings (SSSR count). The second-order valence-electron chi connectivity index (χ2n) is 5.05. The van der Waals surface area contributed by atoms with Gasteiger partial charge in [-0.15, -0.1) is 0 Å². The molecule has 0 radical (unpaired) electrons. The van der Waals surface area contributed by atoms with Gasteiger partial charge in [-0.1, -0.05) is 0 Å². The van der Waals surface area contributed by atoms with Crippen LogP contribution >= 0.6 is 0 Å². The van der Waals surface area contributed by atoms with E-state index in [1.807, 2.05) is 18.3 Å². The van der Waals surface area contributed by atoms with E-state index < -0.39 is 10.0 Å². The Kier molecular flexibility index (Phi) is 3.84. The molecule has 0 aliphatic carbocycles. The number of rotatable bonds is 4. The Hall–Kier alpha value is -1.99. The Bertz CT molecular complexity index is 783. The fourth-order valence-corrected chi connectivity index (χ4v) is 4.16. The first-order valence-corrected chi connectivity index (χ1v) is 8.36. The van der Waals surface area contributed by atoms with E-state index in [4.69, 9.17) is 9.47 Å². The summed E-state index contributed by atoms with van der Waals surface area (Å²) in [5.74, 6) is 0.851. The molecule has 0 N–H and O–H groups in total. The van der Waals surface area contributed by atoms with Crippen molar-refractivity contribution in [3.05, 3.63) is 42.2 Å². The van der Waals surface area contributed by atoms with Crippen molar-refractivity contribution in [1.29, 1.82) is 0 Å². The van der Waals surface area contributed by atoms with Gasteiger partial charge in [0.1, 0.15) is 16.4 Å². The smallest absolute Gasteiger partial charge is 0.247 e. The molecule has 0 saturated carbocycles. The van der Waals surface area contributed by atoms with Crippen LogP contribution in [0.5, 0.6) is 11.5 Å². The molecule has 0 unspecified atom stereocenters. The van der Waals surface area contributed by atoms with Crippen molar-refractivity contribution in [2.24, 2.45) is 0 Å². The zero-order valence-corrected chi connectivity index (χ0v) is 13.3. The molecule has 0 saturated heterocycles. The lowest BCUT2D eigenvalue weighted by atomic mass is 10.3. The van der Waals surface area contributed by atoms with Gasteiger partial charge in [-0.2, -0.15) is 4.31 Å². The van der Waals surface area contributed by atoms with Crippen LogP contribution < -0.4 is 9.47 Å². The summed E-state index contributed by atoms with van der Waals surface area (Å²) in [7, 11) is -0.628. The summed E-state index contributed by atoms with van der Waals surface area (Å²) in [6, 6.07) is 8.61. The van der Waals surface area contributed by atoms with E-state index in [2.05, 4.69) is 4.57 Å². The topological polar surface area (TPSA) is 60.8 Å². The average Bonchev–Trinajstić information content (AvgIpc) is 3.01. The SMILES string of the molecule is COc1ccc(S(=O)(=O)N2CCn3cccc3C2)c(OC)c1. The zero-order chi connectivity index (χ0) is 15.7. The minimum Gasteiger partial charge on any atom is -0.497 e. The third kappa shape index (κ3) is 2.46. The summed E-state index contributed by atoms with van der Waals surface area (Å²) < 4.78 is 39.7. The third-order valence-electron chi connectivity index (χ3n) is 3.84. The van der Waals surface area contributed by atoms with Crippen molar-refractivity contribution >= 4 is 10.0 Å². The Balaban J connectivity index is 1.97. The Morgan fingerprint density at radius 1 is 1.09 bits per heavy atom. The molecule has 0 spiro atoms. The molecular formula is C15H18N2O4S. The summed E-state index contributed by atoms with van der Waals surface area (Å²) in [5, 5.41) is 0. The van der Waals surface area contributed by atoms with Crippen LogP contribution in [0.1, 0.15) is 5.69 Å². The summed E-state index contributed by atoms with van der Waals surface area (Å²) >= 11 is 0. The Morgan fingerprint density at radius 2 is 1.91 bits per heavy atom. The summed E-state index contributed by atoms with van der Waals surface area (Å²) in [6.07, 6.45) is 1.97. The standard InChI is InChI=1S/C15H18N2O4S/c1-20-13-5-6-15(14(10-13)21-2)22(18,19)17-9-8-16-7-3-4-12(16)11-17/h3-7,10H,8-9,11H2,1-2H3. The van der Waals surface area contributed by atoms with Crippen LogP contribution in [0.3, 0.4) is 0 Å². The highest BCUT2D eigenvalue weighted by atomic mass is 32.2. The maximum absolute atomic E-state index is 12.9. The number of nitrogens with zero attached hydrogens (tertiary/aromatic N) is 2. The molecule has 7 heteroatoms. The monoisotopic (exact) mass is 322 g/mol. The number of methoxy groups -OCH3 is 2. The van der Waals surface area contributed by atoms with Crippen LogP contribution in [0, 0.1) is 0 Å². The first-order chi connectivity index (χ1) is 10.6. The van der Waals surface area contributed by atoms with Crippen molar-refractivity contribution < 1.29 is 17.9 Å². The van der Waals surface area contributed by atoms with E-state index in [9.17, 15) is 8.42 Å². The van der Waals surface area contributed by atoms with Crippen LogP contribution in [-0.4, -0.2) is 38.1 Å². The summed E-state index contributed by atoms with van der Waals surface area (Å²) in [4.78, 5) is 0.163. The number of ether oxygens (including phenoxy) is 2. The highest BCUT2D eigenvalue weighted by Crippen LogP contribution is 2.32. The van der Waals surface area contributed by atoms with Crippen molar-refractivity contribution in [1.82, 2.24) is 8.87 Å². The Morgan fingerprint density at radius 3 is 2.64 bits per heavy atom. The van der Waals surface area contributed by atoms with Crippen LogP contribution in [0.4, 0.5) is 0 Å². The molecule has 1 aromatic carbocycles. The van der Waals surface area contributed by atoms with Gasteiger partial charge >= 0.3 is 0 Å². The van der Waals surface area contributed by atoms with E-state index in [0.29, 0.717) is 31.1 Å². The molecule has 22 heavy (non-hydrogen) atoms. The summed E-state index contributed by atoms with van der Waals surface area (Å²) in [6.45, 7) is 1.46. The van der Waals surface area contributed by atoms with E-state index in [-0.39, 0.29) is 4.90 Å². The van der Waals surface area contributed by atoms with Gasteiger partial charge in [0.25, 0.3) is 0 Å². The van der Waals surface area contributed by atoms with Gasteiger partial charge in [-0.25, -0.2) is 8.42 Å². The lowest BCUT2D eigenvalue weighted by Gasteiger charge is -2.28. The molecule has 1 aliphatic heterocycles. The van der Waals surface area contributed by atoms with Gasteiger partial charge in [0.2, 0.25) is 10.0 Å². The number of sulfonamides is 1.